The van der Waals surface area contributed by atoms with Gasteiger partial charge >= 0.3 is 5.97 Å². The molecular weight excluding hydrogens is 436 g/mol. The van der Waals surface area contributed by atoms with Gasteiger partial charge in [0.2, 0.25) is 0 Å². The summed E-state index contributed by atoms with van der Waals surface area (Å²) >= 11 is 7.13. The highest BCUT2D eigenvalue weighted by Crippen LogP contribution is 2.35. The van der Waals surface area contributed by atoms with Crippen molar-refractivity contribution in [1.29, 1.82) is 0 Å². The van der Waals surface area contributed by atoms with Crippen molar-refractivity contribution in [3.05, 3.63) is 80.7 Å². The predicted octanol–water partition coefficient (Wildman–Crippen LogP) is 5.70. The second-order valence-corrected chi connectivity index (χ2v) is 8.17. The lowest BCUT2D eigenvalue weighted by molar-refractivity contribution is 0.0527. The summed E-state index contributed by atoms with van der Waals surface area (Å²) in [6.45, 7) is 5.43. The number of carbonyl (C=O) groups is 3. The average Bonchev–Trinajstić information content (AvgIpc) is 3.04. The quantitative estimate of drug-likeness (QED) is 0.466. The van der Waals surface area contributed by atoms with Crippen molar-refractivity contribution in [3.8, 4) is 0 Å². The number of ether oxygens (including phenoxy) is 1. The Morgan fingerprint density at radius 3 is 2.42 bits per heavy atom. The minimum atomic E-state index is -0.611. The molecule has 1 heterocycles. The Morgan fingerprint density at radius 2 is 1.74 bits per heavy atom. The van der Waals surface area contributed by atoms with Crippen molar-refractivity contribution >= 4 is 51.4 Å². The maximum atomic E-state index is 12.9. The number of rotatable bonds is 6. The molecule has 8 heteroatoms. The maximum Gasteiger partial charge on any atom is 0.341 e. The molecule has 1 aromatic heterocycles. The minimum absolute atomic E-state index is 0.154. The molecule has 2 amide bonds. The van der Waals surface area contributed by atoms with E-state index in [1.165, 1.54) is 0 Å². The van der Waals surface area contributed by atoms with Crippen molar-refractivity contribution < 1.29 is 19.1 Å². The Labute approximate surface area is 189 Å². The number of benzene rings is 2. The van der Waals surface area contributed by atoms with Gasteiger partial charge in [-0.25, -0.2) is 4.79 Å². The van der Waals surface area contributed by atoms with Gasteiger partial charge in [0.1, 0.15) is 5.00 Å². The first-order valence-electron chi connectivity index (χ1n) is 9.56. The summed E-state index contributed by atoms with van der Waals surface area (Å²) in [7, 11) is 0. The molecule has 0 spiro atoms. The van der Waals surface area contributed by atoms with E-state index in [0.29, 0.717) is 16.1 Å². The van der Waals surface area contributed by atoms with E-state index in [-0.39, 0.29) is 33.7 Å². The molecule has 31 heavy (non-hydrogen) atoms. The Hall–Kier alpha value is -3.16. The van der Waals surface area contributed by atoms with Crippen molar-refractivity contribution in [3.63, 3.8) is 0 Å². The summed E-state index contributed by atoms with van der Waals surface area (Å²) in [5, 5.41) is 6.05. The molecule has 0 saturated carbocycles. The number of hydrogen-bond donors (Lipinski definition) is 2. The summed E-state index contributed by atoms with van der Waals surface area (Å²) in [4.78, 5) is 38.6. The Bertz CT molecular complexity index is 1160. The van der Waals surface area contributed by atoms with Crippen LogP contribution in [0, 0.1) is 13.8 Å². The van der Waals surface area contributed by atoms with Gasteiger partial charge in [-0.3, -0.25) is 9.59 Å². The lowest BCUT2D eigenvalue weighted by Gasteiger charge is -2.08. The molecule has 3 rings (SSSR count). The molecule has 0 bridgehead atoms. The zero-order valence-electron chi connectivity index (χ0n) is 17.2. The average molecular weight is 457 g/mol. The first kappa shape index (κ1) is 22.5. The number of aryl methyl sites for hydroxylation is 1. The van der Waals surface area contributed by atoms with Crippen LogP contribution < -0.4 is 10.6 Å². The first-order chi connectivity index (χ1) is 14.8. The predicted molar refractivity (Wildman–Crippen MR) is 124 cm³/mol. The number of nitrogens with one attached hydrogen (secondary N) is 2. The summed E-state index contributed by atoms with van der Waals surface area (Å²) in [5.74, 6) is -1.47. The summed E-state index contributed by atoms with van der Waals surface area (Å²) in [5.41, 5.74) is 2.48. The smallest absolute Gasteiger partial charge is 0.341 e. The highest BCUT2D eigenvalue weighted by Gasteiger charge is 2.27. The van der Waals surface area contributed by atoms with E-state index in [4.69, 9.17) is 16.3 Å². The molecule has 2 N–H and O–H groups in total. The largest absolute Gasteiger partial charge is 0.462 e. The van der Waals surface area contributed by atoms with Gasteiger partial charge in [0, 0.05) is 5.69 Å². The topological polar surface area (TPSA) is 84.5 Å². The van der Waals surface area contributed by atoms with Crippen LogP contribution in [0.3, 0.4) is 0 Å². The third kappa shape index (κ3) is 5.13. The van der Waals surface area contributed by atoms with Crippen LogP contribution in [0.5, 0.6) is 0 Å². The fraction of sp³-hybridized carbons (Fsp3) is 0.174. The number of hydrogen-bond acceptors (Lipinski definition) is 5. The molecule has 0 radical (unpaired) electrons. The highest BCUT2D eigenvalue weighted by atomic mass is 35.5. The van der Waals surface area contributed by atoms with Crippen molar-refractivity contribution in [2.75, 3.05) is 17.2 Å². The van der Waals surface area contributed by atoms with E-state index in [1.807, 2.05) is 25.1 Å². The summed E-state index contributed by atoms with van der Waals surface area (Å²) in [6, 6.07) is 14.0. The number of esters is 1. The molecular formula is C23H21ClN2O4S. The molecule has 0 fully saturated rings. The molecule has 0 aliphatic carbocycles. The van der Waals surface area contributed by atoms with E-state index in [1.54, 1.807) is 44.2 Å². The van der Waals surface area contributed by atoms with Gasteiger partial charge in [0.25, 0.3) is 11.8 Å². The number of carbonyl (C=O) groups excluding carboxylic acids is 3. The van der Waals surface area contributed by atoms with Crippen molar-refractivity contribution in [1.82, 2.24) is 0 Å². The monoisotopic (exact) mass is 456 g/mol. The fourth-order valence-corrected chi connectivity index (χ4v) is 4.30. The second kappa shape index (κ2) is 9.76. The van der Waals surface area contributed by atoms with Crippen LogP contribution in [0.4, 0.5) is 10.7 Å². The fourth-order valence-electron chi connectivity index (χ4n) is 2.99. The van der Waals surface area contributed by atoms with Crippen LogP contribution in [0.1, 0.15) is 48.4 Å². The molecule has 0 atom stereocenters. The second-order valence-electron chi connectivity index (χ2n) is 6.74. The lowest BCUT2D eigenvalue weighted by atomic mass is 10.1. The van der Waals surface area contributed by atoms with Crippen LogP contribution in [0.2, 0.25) is 5.02 Å². The molecule has 2 aromatic carbocycles. The normalized spacial score (nSPS) is 10.5. The van der Waals surface area contributed by atoms with Gasteiger partial charge in [-0.15, -0.1) is 11.3 Å². The number of thiophene rings is 1. The number of halogens is 1. The van der Waals surface area contributed by atoms with E-state index >= 15 is 0 Å². The van der Waals surface area contributed by atoms with E-state index < -0.39 is 11.9 Å². The van der Waals surface area contributed by atoms with Gasteiger partial charge < -0.3 is 15.4 Å². The Balaban J connectivity index is 1.96. The molecule has 0 saturated heterocycles. The number of amides is 2. The SMILES string of the molecule is CCOC(=O)c1c(NC(=O)c2ccccc2Cl)sc(C(=O)Nc2cccc(C)c2)c1C. The van der Waals surface area contributed by atoms with Gasteiger partial charge in [-0.1, -0.05) is 35.9 Å². The van der Waals surface area contributed by atoms with Crippen molar-refractivity contribution in [2.45, 2.75) is 20.8 Å². The van der Waals surface area contributed by atoms with Crippen LogP contribution in [0.25, 0.3) is 0 Å². The third-order valence-electron chi connectivity index (χ3n) is 4.45. The first-order valence-corrected chi connectivity index (χ1v) is 10.8. The van der Waals surface area contributed by atoms with Crippen LogP contribution in [0.15, 0.2) is 48.5 Å². The highest BCUT2D eigenvalue weighted by molar-refractivity contribution is 7.19. The van der Waals surface area contributed by atoms with E-state index in [2.05, 4.69) is 10.6 Å². The van der Waals surface area contributed by atoms with Gasteiger partial charge in [-0.05, 0) is 56.2 Å². The Kier molecular flexibility index (Phi) is 7.09. The van der Waals surface area contributed by atoms with Gasteiger partial charge in [0.05, 0.1) is 27.6 Å². The molecule has 3 aromatic rings. The molecule has 0 aliphatic rings. The summed E-state index contributed by atoms with van der Waals surface area (Å²) in [6.07, 6.45) is 0. The molecule has 6 nitrogen and oxygen atoms in total. The minimum Gasteiger partial charge on any atom is -0.462 e. The lowest BCUT2D eigenvalue weighted by Crippen LogP contribution is -2.15. The Morgan fingerprint density at radius 1 is 1.00 bits per heavy atom. The number of anilines is 2. The van der Waals surface area contributed by atoms with Gasteiger partial charge in [0.15, 0.2) is 0 Å². The van der Waals surface area contributed by atoms with E-state index in [0.717, 1.165) is 16.9 Å². The van der Waals surface area contributed by atoms with Crippen LogP contribution >= 0.6 is 22.9 Å². The van der Waals surface area contributed by atoms with Crippen LogP contribution in [-0.2, 0) is 4.74 Å². The standard InChI is InChI=1S/C23H21ClN2O4S/c1-4-30-23(29)18-14(3)19(21(28)25-15-9-7-8-13(2)12-15)31-22(18)26-20(27)16-10-5-6-11-17(16)24/h5-12H,4H2,1-3H3,(H,25,28)(H,26,27). The zero-order valence-corrected chi connectivity index (χ0v) is 18.8. The van der Waals surface area contributed by atoms with Gasteiger partial charge in [-0.2, -0.15) is 0 Å². The molecule has 0 aliphatic heterocycles. The molecule has 0 unspecified atom stereocenters. The van der Waals surface area contributed by atoms with E-state index in [9.17, 15) is 14.4 Å². The van der Waals surface area contributed by atoms with Crippen LogP contribution in [-0.4, -0.2) is 24.4 Å². The zero-order chi connectivity index (χ0) is 22.5. The summed E-state index contributed by atoms with van der Waals surface area (Å²) < 4.78 is 5.15. The third-order valence-corrected chi connectivity index (χ3v) is 5.99. The maximum absolute atomic E-state index is 12.9. The molecule has 160 valence electrons. The van der Waals surface area contributed by atoms with Crippen molar-refractivity contribution in [2.24, 2.45) is 0 Å².